The van der Waals surface area contributed by atoms with E-state index >= 15 is 0 Å². The maximum absolute atomic E-state index is 5.81. The SMILES string of the molecule is CC1CCC(CNCC2CN(C)CCN2C)O1. The zero-order chi connectivity index (χ0) is 12.3. The minimum atomic E-state index is 0.441. The molecule has 0 spiro atoms. The van der Waals surface area contributed by atoms with E-state index in [0.29, 0.717) is 18.2 Å². The van der Waals surface area contributed by atoms with E-state index in [0.717, 1.165) is 13.1 Å². The molecule has 2 rings (SSSR count). The molecule has 2 aliphatic heterocycles. The van der Waals surface area contributed by atoms with Gasteiger partial charge < -0.3 is 15.0 Å². The topological polar surface area (TPSA) is 27.7 Å². The van der Waals surface area contributed by atoms with Crippen LogP contribution < -0.4 is 5.32 Å². The number of piperazine rings is 1. The van der Waals surface area contributed by atoms with Gasteiger partial charge in [0.25, 0.3) is 0 Å². The first-order chi connectivity index (χ1) is 8.15. The van der Waals surface area contributed by atoms with E-state index in [-0.39, 0.29) is 0 Å². The highest BCUT2D eigenvalue weighted by Crippen LogP contribution is 2.18. The third-order valence-corrected chi connectivity index (χ3v) is 4.05. The van der Waals surface area contributed by atoms with Crippen molar-refractivity contribution in [3.8, 4) is 0 Å². The fraction of sp³-hybridized carbons (Fsp3) is 1.00. The first-order valence-corrected chi connectivity index (χ1v) is 6.90. The lowest BCUT2D eigenvalue weighted by molar-refractivity contribution is 0.0527. The summed E-state index contributed by atoms with van der Waals surface area (Å²) in [5.41, 5.74) is 0. The van der Waals surface area contributed by atoms with Crippen molar-refractivity contribution in [1.29, 1.82) is 0 Å². The molecule has 0 aromatic heterocycles. The molecule has 0 aliphatic carbocycles. The molecule has 2 fully saturated rings. The smallest absolute Gasteiger partial charge is 0.0704 e. The zero-order valence-electron chi connectivity index (χ0n) is 11.5. The van der Waals surface area contributed by atoms with Gasteiger partial charge in [-0.3, -0.25) is 4.90 Å². The van der Waals surface area contributed by atoms with Crippen LogP contribution in [-0.4, -0.2) is 74.9 Å². The number of ether oxygens (including phenoxy) is 1. The molecule has 2 aliphatic rings. The summed E-state index contributed by atoms with van der Waals surface area (Å²) < 4.78 is 5.81. The normalized spacial score (nSPS) is 36.5. The van der Waals surface area contributed by atoms with Gasteiger partial charge in [0.15, 0.2) is 0 Å². The maximum Gasteiger partial charge on any atom is 0.0704 e. The van der Waals surface area contributed by atoms with E-state index in [2.05, 4.69) is 36.1 Å². The fourth-order valence-electron chi connectivity index (χ4n) is 2.77. The first-order valence-electron chi connectivity index (χ1n) is 6.90. The first kappa shape index (κ1) is 13.3. The molecule has 2 heterocycles. The molecule has 100 valence electrons. The van der Waals surface area contributed by atoms with Crippen LogP contribution in [0.1, 0.15) is 19.8 Å². The molecule has 4 heteroatoms. The van der Waals surface area contributed by atoms with Crippen molar-refractivity contribution in [1.82, 2.24) is 15.1 Å². The van der Waals surface area contributed by atoms with Crippen LogP contribution in [0.2, 0.25) is 0 Å². The lowest BCUT2D eigenvalue weighted by Crippen LogP contribution is -2.54. The predicted octanol–water partition coefficient (Wildman–Crippen LogP) is 0.389. The minimum Gasteiger partial charge on any atom is -0.374 e. The Morgan fingerprint density at radius 2 is 2.00 bits per heavy atom. The van der Waals surface area contributed by atoms with Gasteiger partial charge in [-0.15, -0.1) is 0 Å². The van der Waals surface area contributed by atoms with Crippen molar-refractivity contribution in [3.63, 3.8) is 0 Å². The molecule has 1 N–H and O–H groups in total. The van der Waals surface area contributed by atoms with Gasteiger partial charge in [-0.25, -0.2) is 0 Å². The van der Waals surface area contributed by atoms with Crippen molar-refractivity contribution in [2.75, 3.05) is 46.8 Å². The number of nitrogens with one attached hydrogen (secondary N) is 1. The summed E-state index contributed by atoms with van der Waals surface area (Å²) >= 11 is 0. The molecular weight excluding hydrogens is 214 g/mol. The average Bonchev–Trinajstić information content (AvgIpc) is 2.69. The van der Waals surface area contributed by atoms with Crippen molar-refractivity contribution in [2.24, 2.45) is 0 Å². The molecule has 0 aromatic carbocycles. The second-order valence-corrected chi connectivity index (χ2v) is 5.70. The third kappa shape index (κ3) is 3.91. The van der Waals surface area contributed by atoms with Gasteiger partial charge in [-0.2, -0.15) is 0 Å². The molecule has 0 radical (unpaired) electrons. The van der Waals surface area contributed by atoms with Crippen LogP contribution >= 0.6 is 0 Å². The lowest BCUT2D eigenvalue weighted by atomic mass is 10.1. The maximum atomic E-state index is 5.81. The Balaban J connectivity index is 1.63. The molecule has 3 unspecified atom stereocenters. The number of nitrogens with zero attached hydrogens (tertiary/aromatic N) is 2. The summed E-state index contributed by atoms with van der Waals surface area (Å²) in [6, 6.07) is 0.646. The highest BCUT2D eigenvalue weighted by Gasteiger charge is 2.24. The van der Waals surface area contributed by atoms with Crippen LogP contribution in [0.4, 0.5) is 0 Å². The van der Waals surface area contributed by atoms with Crippen molar-refractivity contribution < 1.29 is 4.74 Å². The van der Waals surface area contributed by atoms with Gasteiger partial charge in [-0.1, -0.05) is 0 Å². The third-order valence-electron chi connectivity index (χ3n) is 4.05. The molecule has 0 bridgehead atoms. The van der Waals surface area contributed by atoms with Crippen molar-refractivity contribution in [3.05, 3.63) is 0 Å². The second-order valence-electron chi connectivity index (χ2n) is 5.70. The minimum absolute atomic E-state index is 0.441. The van der Waals surface area contributed by atoms with Gasteiger partial charge >= 0.3 is 0 Å². The van der Waals surface area contributed by atoms with E-state index in [1.54, 1.807) is 0 Å². The summed E-state index contributed by atoms with van der Waals surface area (Å²) in [5, 5.41) is 3.58. The van der Waals surface area contributed by atoms with Crippen LogP contribution in [0.5, 0.6) is 0 Å². The average molecular weight is 241 g/mol. The fourth-order valence-corrected chi connectivity index (χ4v) is 2.77. The van der Waals surface area contributed by atoms with E-state index < -0.39 is 0 Å². The Labute approximate surface area is 105 Å². The Morgan fingerprint density at radius 3 is 2.71 bits per heavy atom. The van der Waals surface area contributed by atoms with Crippen molar-refractivity contribution in [2.45, 2.75) is 38.0 Å². The molecular formula is C13H27N3O. The highest BCUT2D eigenvalue weighted by atomic mass is 16.5. The van der Waals surface area contributed by atoms with Gasteiger partial charge in [0.1, 0.15) is 0 Å². The van der Waals surface area contributed by atoms with Gasteiger partial charge in [0.05, 0.1) is 12.2 Å². The summed E-state index contributed by atoms with van der Waals surface area (Å²) in [4.78, 5) is 4.88. The molecule has 17 heavy (non-hydrogen) atoms. The van der Waals surface area contributed by atoms with E-state index in [9.17, 15) is 0 Å². The Bertz CT molecular complexity index is 237. The van der Waals surface area contributed by atoms with Gasteiger partial charge in [0.2, 0.25) is 0 Å². The molecule has 4 nitrogen and oxygen atoms in total. The zero-order valence-corrected chi connectivity index (χ0v) is 11.5. The van der Waals surface area contributed by atoms with Gasteiger partial charge in [0, 0.05) is 38.8 Å². The molecule has 3 atom stereocenters. The predicted molar refractivity (Wildman–Crippen MR) is 70.4 cm³/mol. The standard InChI is InChI=1S/C13H27N3O/c1-11-4-5-13(17-11)9-14-8-12-10-15(2)6-7-16(12)3/h11-14H,4-10H2,1-3H3. The largest absolute Gasteiger partial charge is 0.374 e. The lowest BCUT2D eigenvalue weighted by Gasteiger charge is -2.38. The molecule has 0 saturated carbocycles. The summed E-state index contributed by atoms with van der Waals surface area (Å²) in [7, 11) is 4.44. The van der Waals surface area contributed by atoms with Crippen LogP contribution in [-0.2, 0) is 4.74 Å². The van der Waals surface area contributed by atoms with Crippen LogP contribution in [0.3, 0.4) is 0 Å². The number of hydrogen-bond acceptors (Lipinski definition) is 4. The molecule has 0 amide bonds. The summed E-state index contributed by atoms with van der Waals surface area (Å²) in [6.07, 6.45) is 3.34. The second kappa shape index (κ2) is 6.14. The Kier molecular flexibility index (Phi) is 4.79. The summed E-state index contributed by atoms with van der Waals surface area (Å²) in [6.45, 7) is 7.80. The monoisotopic (exact) mass is 241 g/mol. The van der Waals surface area contributed by atoms with E-state index in [1.165, 1.54) is 32.5 Å². The number of rotatable bonds is 4. The van der Waals surface area contributed by atoms with Crippen molar-refractivity contribution >= 4 is 0 Å². The highest BCUT2D eigenvalue weighted by molar-refractivity contribution is 4.81. The number of hydrogen-bond donors (Lipinski definition) is 1. The molecule has 2 saturated heterocycles. The van der Waals surface area contributed by atoms with Crippen LogP contribution in [0.15, 0.2) is 0 Å². The van der Waals surface area contributed by atoms with E-state index in [4.69, 9.17) is 4.74 Å². The quantitative estimate of drug-likeness (QED) is 0.770. The van der Waals surface area contributed by atoms with E-state index in [1.807, 2.05) is 0 Å². The molecule has 0 aromatic rings. The van der Waals surface area contributed by atoms with Gasteiger partial charge in [-0.05, 0) is 33.9 Å². The number of likely N-dealkylation sites (N-methyl/N-ethyl adjacent to an activating group) is 2. The Morgan fingerprint density at radius 1 is 1.18 bits per heavy atom. The van der Waals surface area contributed by atoms with Crippen LogP contribution in [0.25, 0.3) is 0 Å². The Hall–Kier alpha value is -0.160. The van der Waals surface area contributed by atoms with Crippen LogP contribution in [0, 0.1) is 0 Å². The summed E-state index contributed by atoms with van der Waals surface area (Å²) in [5.74, 6) is 0.